The second kappa shape index (κ2) is 14.6. The minimum absolute atomic E-state index is 1.20. The van der Waals surface area contributed by atoms with Crippen LogP contribution in [0.25, 0.3) is 0 Å². The van der Waals surface area contributed by atoms with Crippen LogP contribution in [-0.2, 0) is 0 Å². The van der Waals surface area contributed by atoms with Gasteiger partial charge in [0.05, 0.1) is 12.3 Å². The minimum Gasteiger partial charge on any atom is -0.181 e. The summed E-state index contributed by atoms with van der Waals surface area (Å²) < 4.78 is 2.63. The highest BCUT2D eigenvalue weighted by Gasteiger charge is 2.41. The number of hydrogen-bond donors (Lipinski definition) is 0. The van der Waals surface area contributed by atoms with Crippen molar-refractivity contribution in [2.75, 3.05) is 26.4 Å². The van der Waals surface area contributed by atoms with Crippen molar-refractivity contribution in [1.82, 2.24) is 4.67 Å². The summed E-state index contributed by atoms with van der Waals surface area (Å²) >= 11 is 0. The number of unbranched alkanes of at least 4 members (excludes halogenated alkanes) is 10. The largest absolute Gasteiger partial charge is 0.181 e. The molecule has 0 N–H and O–H groups in total. The van der Waals surface area contributed by atoms with Crippen LogP contribution in [0, 0.1) is 0 Å². The molecule has 0 aliphatic heterocycles. The third-order valence-electron chi connectivity index (χ3n) is 5.77. The Balaban J connectivity index is 2.65. The van der Waals surface area contributed by atoms with E-state index in [2.05, 4.69) is 62.9 Å². The van der Waals surface area contributed by atoms with Crippen molar-refractivity contribution < 1.29 is 0 Å². The van der Waals surface area contributed by atoms with Crippen molar-refractivity contribution in [3.8, 4) is 0 Å². The van der Waals surface area contributed by atoms with Gasteiger partial charge in [0.25, 0.3) is 0 Å². The molecule has 0 heterocycles. The monoisotopic (exact) mass is 378 g/mol. The molecule has 1 aromatic rings. The van der Waals surface area contributed by atoms with Gasteiger partial charge in [-0.3, -0.25) is 0 Å². The maximum atomic E-state index is 2.63. The molecule has 0 atom stereocenters. The highest BCUT2D eigenvalue weighted by atomic mass is 31.2. The van der Waals surface area contributed by atoms with Gasteiger partial charge in [-0.1, -0.05) is 83.4 Å². The summed E-state index contributed by atoms with van der Waals surface area (Å²) in [4.78, 5) is 0. The van der Waals surface area contributed by atoms with Crippen LogP contribution in [0.5, 0.6) is 0 Å². The molecule has 0 saturated heterocycles. The molecule has 150 valence electrons. The lowest BCUT2D eigenvalue weighted by molar-refractivity contribution is 0.604. The standard InChI is InChI=1S/C24H45NP/c1-5-7-9-11-13-18-22-26(25(3)4,24-20-16-15-17-21-24)23-19-14-12-10-8-6-2/h15-17,20-21H,5-14,18-19,22-23H2,1-4H3/q+1. The molecule has 0 amide bonds. The van der Waals surface area contributed by atoms with Gasteiger partial charge in [-0.15, -0.1) is 0 Å². The van der Waals surface area contributed by atoms with Crippen molar-refractivity contribution in [1.29, 1.82) is 0 Å². The summed E-state index contributed by atoms with van der Waals surface area (Å²) in [5.41, 5.74) is 0. The van der Waals surface area contributed by atoms with E-state index in [9.17, 15) is 0 Å². The Kier molecular flexibility index (Phi) is 13.3. The van der Waals surface area contributed by atoms with E-state index in [-0.39, 0.29) is 0 Å². The molecule has 1 rings (SSSR count). The summed E-state index contributed by atoms with van der Waals surface area (Å²) in [6.45, 7) is 4.61. The molecule has 2 heteroatoms. The summed E-state index contributed by atoms with van der Waals surface area (Å²) in [6.07, 6.45) is 19.6. The van der Waals surface area contributed by atoms with E-state index in [0.717, 1.165) is 0 Å². The smallest absolute Gasteiger partial charge is 0.115 e. The summed E-state index contributed by atoms with van der Waals surface area (Å²) in [5, 5.41) is 1.63. The number of rotatable bonds is 16. The first-order chi connectivity index (χ1) is 12.7. The van der Waals surface area contributed by atoms with Crippen molar-refractivity contribution in [3.05, 3.63) is 30.3 Å². The van der Waals surface area contributed by atoms with Crippen molar-refractivity contribution in [2.45, 2.75) is 90.9 Å². The molecule has 0 unspecified atom stereocenters. The topological polar surface area (TPSA) is 3.24 Å². The van der Waals surface area contributed by atoms with Crippen LogP contribution in [-0.4, -0.2) is 31.1 Å². The third-order valence-corrected chi connectivity index (χ3v) is 10.7. The second-order valence-electron chi connectivity index (χ2n) is 8.09. The summed E-state index contributed by atoms with van der Waals surface area (Å²) in [5.74, 6) is 0. The molecule has 0 aliphatic carbocycles. The highest BCUT2D eigenvalue weighted by molar-refractivity contribution is 7.80. The van der Waals surface area contributed by atoms with E-state index in [1.54, 1.807) is 5.30 Å². The molecule has 1 nitrogen and oxygen atoms in total. The van der Waals surface area contributed by atoms with Gasteiger partial charge in [-0.05, 0) is 37.8 Å². The molecule has 0 fully saturated rings. The first-order valence-electron chi connectivity index (χ1n) is 11.3. The maximum absolute atomic E-state index is 2.63. The van der Waals surface area contributed by atoms with Crippen LogP contribution in [0.15, 0.2) is 30.3 Å². The third kappa shape index (κ3) is 8.53. The molecule has 0 bridgehead atoms. The van der Waals surface area contributed by atoms with Gasteiger partial charge >= 0.3 is 0 Å². The molecule has 0 saturated carbocycles. The Bertz CT molecular complexity index is 413. The van der Waals surface area contributed by atoms with Crippen LogP contribution >= 0.6 is 7.41 Å². The Hall–Kier alpha value is -0.390. The first-order valence-corrected chi connectivity index (χ1v) is 13.4. The van der Waals surface area contributed by atoms with Gasteiger partial charge in [-0.2, -0.15) is 4.67 Å². The van der Waals surface area contributed by atoms with E-state index in [0.29, 0.717) is 0 Å². The second-order valence-corrected chi connectivity index (χ2v) is 12.1. The van der Waals surface area contributed by atoms with E-state index >= 15 is 0 Å². The normalized spacial score (nSPS) is 12.0. The quantitative estimate of drug-likeness (QED) is 0.212. The van der Waals surface area contributed by atoms with Gasteiger partial charge in [0.1, 0.15) is 12.7 Å². The molecular weight excluding hydrogens is 333 g/mol. The SMILES string of the molecule is CCCCCCCC[P+](CCCCCCCC)(c1ccccc1)N(C)C. The lowest BCUT2D eigenvalue weighted by atomic mass is 10.1. The lowest BCUT2D eigenvalue weighted by Gasteiger charge is -2.33. The minimum atomic E-state index is -1.20. The van der Waals surface area contributed by atoms with Gasteiger partial charge in [0.2, 0.25) is 0 Å². The Morgan fingerprint density at radius 2 is 1.04 bits per heavy atom. The van der Waals surface area contributed by atoms with E-state index < -0.39 is 7.41 Å². The summed E-state index contributed by atoms with van der Waals surface area (Å²) in [6, 6.07) is 11.5. The van der Waals surface area contributed by atoms with Crippen molar-refractivity contribution >= 4 is 12.7 Å². The first kappa shape index (κ1) is 23.6. The number of benzene rings is 1. The predicted molar refractivity (Wildman–Crippen MR) is 123 cm³/mol. The van der Waals surface area contributed by atoms with Crippen LogP contribution in [0.1, 0.15) is 90.9 Å². The van der Waals surface area contributed by atoms with Gasteiger partial charge < -0.3 is 0 Å². The van der Waals surface area contributed by atoms with Gasteiger partial charge in [0, 0.05) is 14.1 Å². The van der Waals surface area contributed by atoms with Crippen LogP contribution in [0.4, 0.5) is 0 Å². The van der Waals surface area contributed by atoms with E-state index in [1.165, 1.54) is 89.4 Å². The Labute approximate surface area is 165 Å². The fraction of sp³-hybridized carbons (Fsp3) is 0.750. The predicted octanol–water partition coefficient (Wildman–Crippen LogP) is 7.53. The van der Waals surface area contributed by atoms with E-state index in [1.807, 2.05) is 0 Å². The fourth-order valence-corrected chi connectivity index (χ4v) is 8.24. The Morgan fingerprint density at radius 3 is 1.46 bits per heavy atom. The molecular formula is C24H45NP+. The molecule has 0 radical (unpaired) electrons. The Morgan fingerprint density at radius 1 is 0.615 bits per heavy atom. The molecule has 1 aromatic carbocycles. The zero-order valence-electron chi connectivity index (χ0n) is 18.2. The maximum Gasteiger partial charge on any atom is 0.115 e. The van der Waals surface area contributed by atoms with Gasteiger partial charge in [-0.25, -0.2) is 0 Å². The molecule has 0 spiro atoms. The van der Waals surface area contributed by atoms with E-state index in [4.69, 9.17) is 0 Å². The highest BCUT2D eigenvalue weighted by Crippen LogP contribution is 2.60. The zero-order valence-corrected chi connectivity index (χ0v) is 19.1. The molecule has 26 heavy (non-hydrogen) atoms. The number of nitrogens with zero attached hydrogens (tertiary/aromatic N) is 1. The van der Waals surface area contributed by atoms with Crippen molar-refractivity contribution in [3.63, 3.8) is 0 Å². The summed E-state index contributed by atoms with van der Waals surface area (Å²) in [7, 11) is 3.49. The van der Waals surface area contributed by atoms with Crippen LogP contribution in [0.2, 0.25) is 0 Å². The van der Waals surface area contributed by atoms with Crippen LogP contribution < -0.4 is 5.30 Å². The molecule has 0 aliphatic rings. The van der Waals surface area contributed by atoms with Crippen molar-refractivity contribution in [2.24, 2.45) is 0 Å². The van der Waals surface area contributed by atoms with Crippen LogP contribution in [0.3, 0.4) is 0 Å². The lowest BCUT2D eigenvalue weighted by Crippen LogP contribution is -2.29. The zero-order chi connectivity index (χ0) is 19.1. The molecule has 0 aromatic heterocycles. The average Bonchev–Trinajstić information content (AvgIpc) is 2.66. The number of hydrogen-bond acceptors (Lipinski definition) is 1. The average molecular weight is 379 g/mol. The van der Waals surface area contributed by atoms with Gasteiger partial charge in [0.15, 0.2) is 0 Å². The fourth-order valence-electron chi connectivity index (χ4n) is 4.01.